The first-order valence-electron chi connectivity index (χ1n) is 11.4. The Morgan fingerprint density at radius 3 is 2.97 bits per heavy atom. The average Bonchev–Trinajstić information content (AvgIpc) is 3.60. The molecule has 0 saturated carbocycles. The fourth-order valence-electron chi connectivity index (χ4n) is 4.29. The molecule has 0 aliphatic carbocycles. The van der Waals surface area contributed by atoms with Gasteiger partial charge in [-0.2, -0.15) is 4.37 Å². The average molecular weight is 608 g/mol. The highest BCUT2D eigenvalue weighted by Gasteiger charge is 2.36. The minimum Gasteiger partial charge on any atom is -0.492 e. The number of aliphatic hydroxyl groups excluding tert-OH is 1. The van der Waals surface area contributed by atoms with E-state index in [0.29, 0.717) is 52.6 Å². The van der Waals surface area contributed by atoms with Gasteiger partial charge in [-0.1, -0.05) is 11.3 Å². The van der Waals surface area contributed by atoms with E-state index < -0.39 is 12.1 Å². The number of amidine groups is 1. The molecule has 2 aliphatic heterocycles. The molecule has 0 bridgehead atoms. The van der Waals surface area contributed by atoms with Crippen molar-refractivity contribution in [3.05, 3.63) is 38.4 Å². The molecule has 1 fully saturated rings. The summed E-state index contributed by atoms with van der Waals surface area (Å²) < 4.78 is 4.71. The number of thiazole rings is 1. The van der Waals surface area contributed by atoms with Crippen LogP contribution in [-0.2, 0) is 11.2 Å². The SMILES string of the molecule is Cc1nc(Nc2snc(O)c2C(=N)NCCN2CCCC2=O)sc1C(=O)N1c2ncc(Br)cc2CC1O. The summed E-state index contributed by atoms with van der Waals surface area (Å²) in [5, 5.41) is 36.0. The Balaban J connectivity index is 1.30. The molecule has 3 aromatic heterocycles. The Hall–Kier alpha value is -3.14. The van der Waals surface area contributed by atoms with Crippen LogP contribution in [0.2, 0.25) is 0 Å². The molecule has 0 spiro atoms. The van der Waals surface area contributed by atoms with Gasteiger partial charge in [-0.05, 0) is 46.9 Å². The number of anilines is 3. The summed E-state index contributed by atoms with van der Waals surface area (Å²) >= 11 is 5.42. The largest absolute Gasteiger partial charge is 0.492 e. The number of aromatic nitrogens is 3. The van der Waals surface area contributed by atoms with E-state index in [1.165, 1.54) is 4.90 Å². The minimum absolute atomic E-state index is 0.0426. The van der Waals surface area contributed by atoms with Crippen molar-refractivity contribution in [1.29, 1.82) is 5.41 Å². The number of carbonyl (C=O) groups is 2. The summed E-state index contributed by atoms with van der Waals surface area (Å²) in [5.74, 6) is -0.246. The Labute approximate surface area is 228 Å². The van der Waals surface area contributed by atoms with Gasteiger partial charge in [-0.25, -0.2) is 9.97 Å². The van der Waals surface area contributed by atoms with Gasteiger partial charge in [0.15, 0.2) is 5.13 Å². The quantitative estimate of drug-likeness (QED) is 0.200. The molecule has 3 aromatic rings. The van der Waals surface area contributed by atoms with Crippen LogP contribution in [-0.4, -0.2) is 73.0 Å². The predicted octanol–water partition coefficient (Wildman–Crippen LogP) is 2.57. The number of carbonyl (C=O) groups excluding carboxylic acids is 2. The van der Waals surface area contributed by atoms with E-state index >= 15 is 0 Å². The third kappa shape index (κ3) is 5.03. The molecule has 1 unspecified atom stereocenters. The van der Waals surface area contributed by atoms with Crippen LogP contribution in [0.15, 0.2) is 16.7 Å². The highest BCUT2D eigenvalue weighted by atomic mass is 79.9. The highest BCUT2D eigenvalue weighted by Crippen LogP contribution is 2.37. The summed E-state index contributed by atoms with van der Waals surface area (Å²) in [4.78, 5) is 37.2. The topological polar surface area (TPSA) is 168 Å². The number of halogens is 1. The first kappa shape index (κ1) is 25.5. The van der Waals surface area contributed by atoms with Crippen LogP contribution in [0.1, 0.15) is 39.3 Å². The second kappa shape index (κ2) is 10.3. The summed E-state index contributed by atoms with van der Waals surface area (Å²) in [6.07, 6.45) is 2.22. The van der Waals surface area contributed by atoms with Gasteiger partial charge in [0.2, 0.25) is 11.8 Å². The lowest BCUT2D eigenvalue weighted by Gasteiger charge is -2.19. The highest BCUT2D eigenvalue weighted by molar-refractivity contribution is 9.10. The van der Waals surface area contributed by atoms with Crippen LogP contribution < -0.4 is 15.5 Å². The fourth-order valence-corrected chi connectivity index (χ4v) is 6.34. The van der Waals surface area contributed by atoms with Gasteiger partial charge in [-0.3, -0.25) is 19.9 Å². The number of likely N-dealkylation sites (tertiary alicyclic amines) is 1. The van der Waals surface area contributed by atoms with Gasteiger partial charge in [0.1, 0.15) is 33.3 Å². The summed E-state index contributed by atoms with van der Waals surface area (Å²) in [6.45, 7) is 3.24. The number of pyridine rings is 1. The van der Waals surface area contributed by atoms with Crippen molar-refractivity contribution in [2.45, 2.75) is 32.4 Å². The molecule has 194 valence electrons. The van der Waals surface area contributed by atoms with E-state index in [2.05, 4.69) is 40.9 Å². The van der Waals surface area contributed by atoms with Gasteiger partial charge in [0.25, 0.3) is 5.91 Å². The first-order chi connectivity index (χ1) is 17.7. The number of aryl methyl sites for hydroxylation is 1. The molecule has 2 amide bonds. The standard InChI is InChI=1S/C22H23BrN8O4S2/c1-10-16(21(35)31-14(33)8-11-7-12(23)9-26-18(11)31)36-22(27-10)28-20-15(19(34)29-37-20)17(24)25-4-6-30-5-2-3-13(30)32/h7,9,14,33H,2-6,8H2,1H3,(H2,24,25)(H,27,28)(H,29,34). The number of nitrogens with one attached hydrogen (secondary N) is 3. The lowest BCUT2D eigenvalue weighted by Crippen LogP contribution is -2.37. The second-order valence-electron chi connectivity index (χ2n) is 8.55. The third-order valence-electron chi connectivity index (χ3n) is 6.05. The van der Waals surface area contributed by atoms with Crippen LogP contribution in [0.4, 0.5) is 16.0 Å². The summed E-state index contributed by atoms with van der Waals surface area (Å²) in [5.41, 5.74) is 1.41. The van der Waals surface area contributed by atoms with E-state index in [0.717, 1.165) is 39.3 Å². The van der Waals surface area contributed by atoms with Crippen LogP contribution in [0, 0.1) is 12.3 Å². The van der Waals surface area contributed by atoms with Crippen molar-refractivity contribution in [3.63, 3.8) is 0 Å². The Bertz CT molecular complexity index is 1390. The zero-order valence-corrected chi connectivity index (χ0v) is 22.8. The molecular formula is C22H23BrN8O4S2. The molecule has 2 aliphatic rings. The fraction of sp³-hybridized carbons (Fsp3) is 0.364. The van der Waals surface area contributed by atoms with Gasteiger partial charge >= 0.3 is 0 Å². The monoisotopic (exact) mass is 606 g/mol. The van der Waals surface area contributed by atoms with Crippen molar-refractivity contribution in [2.24, 2.45) is 0 Å². The number of amides is 2. The molecule has 0 radical (unpaired) electrons. The number of hydrogen-bond donors (Lipinski definition) is 5. The maximum atomic E-state index is 13.4. The Morgan fingerprint density at radius 2 is 2.22 bits per heavy atom. The smallest absolute Gasteiger partial charge is 0.273 e. The number of rotatable bonds is 7. The lowest BCUT2D eigenvalue weighted by molar-refractivity contribution is -0.127. The molecule has 12 nitrogen and oxygen atoms in total. The van der Waals surface area contributed by atoms with Crippen molar-refractivity contribution >= 4 is 72.4 Å². The lowest BCUT2D eigenvalue weighted by atomic mass is 10.2. The first-order valence-corrected chi connectivity index (χ1v) is 13.8. The molecule has 5 N–H and O–H groups in total. The zero-order chi connectivity index (χ0) is 26.3. The molecule has 1 atom stereocenters. The van der Waals surface area contributed by atoms with E-state index in [4.69, 9.17) is 5.41 Å². The van der Waals surface area contributed by atoms with Crippen molar-refractivity contribution < 1.29 is 19.8 Å². The zero-order valence-electron chi connectivity index (χ0n) is 19.6. The van der Waals surface area contributed by atoms with Crippen molar-refractivity contribution in [1.82, 2.24) is 24.6 Å². The number of fused-ring (bicyclic) bond motifs is 1. The molecule has 37 heavy (non-hydrogen) atoms. The maximum Gasteiger partial charge on any atom is 0.273 e. The maximum absolute atomic E-state index is 13.4. The van der Waals surface area contributed by atoms with Gasteiger partial charge in [-0.15, -0.1) is 0 Å². The second-order valence-corrected chi connectivity index (χ2v) is 11.2. The molecule has 0 aromatic carbocycles. The van der Waals surface area contributed by atoms with E-state index in [-0.39, 0.29) is 29.6 Å². The molecule has 5 rings (SSSR count). The van der Waals surface area contributed by atoms with Crippen molar-refractivity contribution in [3.8, 4) is 5.88 Å². The third-order valence-corrected chi connectivity index (χ3v) is 8.29. The van der Waals surface area contributed by atoms with Gasteiger partial charge < -0.3 is 25.7 Å². The molecular weight excluding hydrogens is 584 g/mol. The van der Waals surface area contributed by atoms with Crippen LogP contribution in [0.5, 0.6) is 5.88 Å². The molecule has 15 heteroatoms. The summed E-state index contributed by atoms with van der Waals surface area (Å²) in [6, 6.07) is 1.83. The van der Waals surface area contributed by atoms with Gasteiger partial charge in [0, 0.05) is 48.7 Å². The predicted molar refractivity (Wildman–Crippen MR) is 143 cm³/mol. The van der Waals surface area contributed by atoms with E-state index in [1.807, 2.05) is 6.07 Å². The minimum atomic E-state index is -1.03. The van der Waals surface area contributed by atoms with Crippen LogP contribution in [0.3, 0.4) is 0 Å². The number of hydrogen-bond acceptors (Lipinski definition) is 11. The Morgan fingerprint density at radius 1 is 1.41 bits per heavy atom. The van der Waals surface area contributed by atoms with E-state index in [1.54, 1.807) is 18.0 Å². The normalized spacial score (nSPS) is 16.8. The number of aromatic hydroxyl groups is 1. The Kier molecular flexibility index (Phi) is 7.11. The van der Waals surface area contributed by atoms with Crippen molar-refractivity contribution in [2.75, 3.05) is 29.9 Å². The van der Waals surface area contributed by atoms with E-state index in [9.17, 15) is 19.8 Å². The molecule has 1 saturated heterocycles. The van der Waals surface area contributed by atoms with Crippen LogP contribution in [0.25, 0.3) is 0 Å². The molecule has 5 heterocycles. The van der Waals surface area contributed by atoms with Gasteiger partial charge in [0.05, 0.1) is 5.69 Å². The number of nitrogens with zero attached hydrogens (tertiary/aromatic N) is 5. The number of aliphatic hydroxyl groups is 1. The van der Waals surface area contributed by atoms with Crippen LogP contribution >= 0.6 is 38.8 Å². The summed E-state index contributed by atoms with van der Waals surface area (Å²) in [7, 11) is 0.